The number of sulfonamides is 1. The van der Waals surface area contributed by atoms with E-state index in [0.29, 0.717) is 5.75 Å². The van der Waals surface area contributed by atoms with Crippen molar-refractivity contribution in [2.75, 3.05) is 20.2 Å². The molecule has 2 rings (SSSR count). The van der Waals surface area contributed by atoms with E-state index in [1.807, 2.05) is 31.2 Å². The van der Waals surface area contributed by atoms with Crippen LogP contribution >= 0.6 is 0 Å². The van der Waals surface area contributed by atoms with E-state index in [9.17, 15) is 13.5 Å². The third kappa shape index (κ3) is 5.79. The number of benzene rings is 2. The number of hydrogen-bond donors (Lipinski definition) is 1. The summed E-state index contributed by atoms with van der Waals surface area (Å²) in [5, 5.41) is 10.2. The number of aliphatic hydroxyl groups is 1. The number of hydrogen-bond acceptors (Lipinski definition) is 4. The van der Waals surface area contributed by atoms with Crippen LogP contribution in [0.1, 0.15) is 31.9 Å². The van der Waals surface area contributed by atoms with E-state index in [-0.39, 0.29) is 23.5 Å². The number of likely N-dealkylation sites (N-methyl/N-ethyl adjacent to an activating group) is 1. The lowest BCUT2D eigenvalue weighted by atomic mass is 9.87. The van der Waals surface area contributed by atoms with Gasteiger partial charge < -0.3 is 9.84 Å². The molecule has 1 atom stereocenters. The Labute approximate surface area is 162 Å². The summed E-state index contributed by atoms with van der Waals surface area (Å²) in [4.78, 5) is 0.210. The monoisotopic (exact) mass is 391 g/mol. The second-order valence-electron chi connectivity index (χ2n) is 7.84. The standard InChI is InChI=1S/C21H29NO4S/c1-16-6-12-20(13-7-16)27(24,25)22(5)14-18(23)15-26-19-10-8-17(9-11-19)21(2,3)4/h6-13,18,23H,14-15H2,1-5H3/t18-/m0/s1. The van der Waals surface area contributed by atoms with Crippen LogP contribution in [-0.2, 0) is 15.4 Å². The molecule has 27 heavy (non-hydrogen) atoms. The van der Waals surface area contributed by atoms with Crippen molar-refractivity contribution in [2.45, 2.75) is 44.1 Å². The number of aryl methyl sites for hydroxylation is 1. The van der Waals surface area contributed by atoms with Gasteiger partial charge in [-0.1, -0.05) is 50.6 Å². The third-order valence-corrected chi connectivity index (χ3v) is 6.20. The van der Waals surface area contributed by atoms with E-state index in [4.69, 9.17) is 4.74 Å². The molecule has 0 radical (unpaired) electrons. The largest absolute Gasteiger partial charge is 0.491 e. The van der Waals surface area contributed by atoms with E-state index in [2.05, 4.69) is 20.8 Å². The molecule has 0 aliphatic carbocycles. The van der Waals surface area contributed by atoms with Gasteiger partial charge in [0.25, 0.3) is 0 Å². The minimum absolute atomic E-state index is 0.0165. The highest BCUT2D eigenvalue weighted by molar-refractivity contribution is 7.89. The van der Waals surface area contributed by atoms with Crippen LogP contribution in [-0.4, -0.2) is 44.1 Å². The molecule has 5 nitrogen and oxygen atoms in total. The SMILES string of the molecule is Cc1ccc(S(=O)(=O)N(C)C[C@H](O)COc2ccc(C(C)(C)C)cc2)cc1. The summed E-state index contributed by atoms with van der Waals surface area (Å²) in [5.74, 6) is 0.645. The third-order valence-electron chi connectivity index (χ3n) is 4.36. The Bertz CT molecular complexity index is 837. The fourth-order valence-corrected chi connectivity index (χ4v) is 3.79. The number of nitrogens with zero attached hydrogens (tertiary/aromatic N) is 1. The van der Waals surface area contributed by atoms with Crippen LogP contribution in [0.3, 0.4) is 0 Å². The molecule has 0 bridgehead atoms. The predicted octanol–water partition coefficient (Wildman–Crippen LogP) is 3.35. The molecule has 2 aromatic rings. The molecule has 148 valence electrons. The van der Waals surface area contributed by atoms with E-state index in [1.165, 1.54) is 12.6 Å². The zero-order chi connectivity index (χ0) is 20.2. The summed E-state index contributed by atoms with van der Waals surface area (Å²) in [6.45, 7) is 8.28. The Morgan fingerprint density at radius 3 is 2.11 bits per heavy atom. The summed E-state index contributed by atoms with van der Waals surface area (Å²) in [6, 6.07) is 14.4. The van der Waals surface area contributed by atoms with Gasteiger partial charge in [-0.05, 0) is 42.2 Å². The minimum Gasteiger partial charge on any atom is -0.491 e. The molecule has 0 aromatic heterocycles. The molecule has 0 aliphatic heterocycles. The molecule has 1 N–H and O–H groups in total. The van der Waals surface area contributed by atoms with E-state index >= 15 is 0 Å². The lowest BCUT2D eigenvalue weighted by Crippen LogP contribution is -2.37. The van der Waals surface area contributed by atoms with Crippen molar-refractivity contribution >= 4 is 10.0 Å². The molecule has 6 heteroatoms. The van der Waals surface area contributed by atoms with Crippen molar-refractivity contribution in [1.29, 1.82) is 0 Å². The zero-order valence-corrected chi connectivity index (χ0v) is 17.5. The van der Waals surface area contributed by atoms with Crippen molar-refractivity contribution in [3.05, 3.63) is 59.7 Å². The van der Waals surface area contributed by atoms with Crippen LogP contribution < -0.4 is 4.74 Å². The lowest BCUT2D eigenvalue weighted by molar-refractivity contribution is 0.0935. The fraction of sp³-hybridized carbons (Fsp3) is 0.429. The zero-order valence-electron chi connectivity index (χ0n) is 16.6. The Hall–Kier alpha value is -1.89. The van der Waals surface area contributed by atoms with Crippen molar-refractivity contribution < 1.29 is 18.3 Å². The van der Waals surface area contributed by atoms with Gasteiger partial charge in [0.15, 0.2) is 0 Å². The highest BCUT2D eigenvalue weighted by Gasteiger charge is 2.23. The minimum atomic E-state index is -3.64. The highest BCUT2D eigenvalue weighted by Crippen LogP contribution is 2.24. The molecule has 0 fully saturated rings. The van der Waals surface area contributed by atoms with E-state index < -0.39 is 16.1 Å². The van der Waals surface area contributed by atoms with Gasteiger partial charge in [-0.25, -0.2) is 8.42 Å². The summed E-state index contributed by atoms with van der Waals surface area (Å²) in [7, 11) is -2.18. The van der Waals surface area contributed by atoms with Crippen LogP contribution in [0.5, 0.6) is 5.75 Å². The number of ether oxygens (including phenoxy) is 1. The molecule has 0 heterocycles. The van der Waals surface area contributed by atoms with Crippen molar-refractivity contribution in [1.82, 2.24) is 4.31 Å². The van der Waals surface area contributed by atoms with Gasteiger partial charge in [-0.15, -0.1) is 0 Å². The maximum absolute atomic E-state index is 12.6. The molecular weight excluding hydrogens is 362 g/mol. The first kappa shape index (κ1) is 21.4. The fourth-order valence-electron chi connectivity index (χ4n) is 2.58. The van der Waals surface area contributed by atoms with Crippen LogP contribution in [0.15, 0.2) is 53.4 Å². The van der Waals surface area contributed by atoms with E-state index in [0.717, 1.165) is 9.87 Å². The molecule has 0 unspecified atom stereocenters. The molecule has 2 aromatic carbocycles. The van der Waals surface area contributed by atoms with Gasteiger partial charge >= 0.3 is 0 Å². The van der Waals surface area contributed by atoms with Crippen LogP contribution in [0.4, 0.5) is 0 Å². The molecular formula is C21H29NO4S. The van der Waals surface area contributed by atoms with Crippen LogP contribution in [0, 0.1) is 6.92 Å². The first-order chi connectivity index (χ1) is 12.5. The van der Waals surface area contributed by atoms with E-state index in [1.54, 1.807) is 24.3 Å². The van der Waals surface area contributed by atoms with Crippen LogP contribution in [0.2, 0.25) is 0 Å². The maximum Gasteiger partial charge on any atom is 0.242 e. The van der Waals surface area contributed by atoms with Crippen molar-refractivity contribution in [3.8, 4) is 5.75 Å². The Balaban J connectivity index is 1.93. The highest BCUT2D eigenvalue weighted by atomic mass is 32.2. The number of rotatable bonds is 7. The normalized spacial score (nSPS) is 13.6. The second kappa shape index (κ2) is 8.42. The summed E-state index contributed by atoms with van der Waals surface area (Å²) >= 11 is 0. The van der Waals surface area contributed by atoms with Crippen molar-refractivity contribution in [3.63, 3.8) is 0 Å². The predicted molar refractivity (Wildman–Crippen MR) is 108 cm³/mol. The molecule has 0 amide bonds. The molecule has 0 spiro atoms. The molecule has 0 saturated heterocycles. The van der Waals surface area contributed by atoms with Gasteiger partial charge in [0, 0.05) is 13.6 Å². The van der Waals surface area contributed by atoms with Gasteiger partial charge in [-0.2, -0.15) is 4.31 Å². The first-order valence-corrected chi connectivity index (χ1v) is 10.4. The average Bonchev–Trinajstić information content (AvgIpc) is 2.60. The van der Waals surface area contributed by atoms with Crippen LogP contribution in [0.25, 0.3) is 0 Å². The summed E-state index contributed by atoms with van der Waals surface area (Å²) in [6.07, 6.45) is -0.933. The van der Waals surface area contributed by atoms with Gasteiger partial charge in [-0.3, -0.25) is 0 Å². The Morgan fingerprint density at radius 1 is 1.04 bits per heavy atom. The Morgan fingerprint density at radius 2 is 1.59 bits per heavy atom. The Kier molecular flexibility index (Phi) is 6.68. The first-order valence-electron chi connectivity index (χ1n) is 8.94. The quantitative estimate of drug-likeness (QED) is 0.786. The summed E-state index contributed by atoms with van der Waals surface area (Å²) in [5.41, 5.74) is 2.24. The van der Waals surface area contributed by atoms with Gasteiger partial charge in [0.1, 0.15) is 18.5 Å². The average molecular weight is 392 g/mol. The topological polar surface area (TPSA) is 66.8 Å². The molecule has 0 saturated carbocycles. The van der Waals surface area contributed by atoms with Crippen molar-refractivity contribution in [2.24, 2.45) is 0 Å². The number of aliphatic hydroxyl groups excluding tert-OH is 1. The maximum atomic E-state index is 12.6. The molecule has 0 aliphatic rings. The lowest BCUT2D eigenvalue weighted by Gasteiger charge is -2.21. The van der Waals surface area contributed by atoms with Gasteiger partial charge in [0.2, 0.25) is 10.0 Å². The second-order valence-corrected chi connectivity index (χ2v) is 9.88. The van der Waals surface area contributed by atoms with Gasteiger partial charge in [0.05, 0.1) is 4.90 Å². The smallest absolute Gasteiger partial charge is 0.242 e. The summed E-state index contributed by atoms with van der Waals surface area (Å²) < 4.78 is 31.9.